The van der Waals surface area contributed by atoms with Crippen molar-refractivity contribution in [2.75, 3.05) is 12.4 Å². The number of thiophene rings is 1. The number of carboxylic acids is 1. The third-order valence-electron chi connectivity index (χ3n) is 2.74. The zero-order valence-electron chi connectivity index (χ0n) is 10.9. The zero-order chi connectivity index (χ0) is 13.9. The highest BCUT2D eigenvalue weighted by molar-refractivity contribution is 7.16. The first-order valence-corrected chi connectivity index (χ1v) is 6.43. The van der Waals surface area contributed by atoms with Gasteiger partial charge in [-0.3, -0.25) is 4.79 Å². The van der Waals surface area contributed by atoms with Crippen LogP contribution >= 0.6 is 11.3 Å². The average molecular weight is 271 g/mol. The third-order valence-corrected chi connectivity index (χ3v) is 3.80. The minimum absolute atomic E-state index is 0.191. The van der Waals surface area contributed by atoms with Gasteiger partial charge in [0.1, 0.15) is 11.1 Å². The van der Waals surface area contributed by atoms with Crippen molar-refractivity contribution in [2.45, 2.75) is 33.3 Å². The van der Waals surface area contributed by atoms with E-state index in [0.29, 0.717) is 11.4 Å². The first-order chi connectivity index (χ1) is 8.42. The summed E-state index contributed by atoms with van der Waals surface area (Å²) in [4.78, 5) is 23.9. The largest absolute Gasteiger partial charge is 0.478 e. The molecule has 1 atom stereocenters. The molecule has 5 nitrogen and oxygen atoms in total. The number of rotatable bonds is 5. The summed E-state index contributed by atoms with van der Waals surface area (Å²) in [6, 6.07) is 0. The Morgan fingerprint density at radius 2 is 2.11 bits per heavy atom. The van der Waals surface area contributed by atoms with Gasteiger partial charge in [0.25, 0.3) is 5.91 Å². The van der Waals surface area contributed by atoms with E-state index >= 15 is 0 Å². The molecule has 0 aliphatic rings. The summed E-state index contributed by atoms with van der Waals surface area (Å²) in [5, 5.41) is 12.2. The number of aryl methyl sites for hydroxylation is 1. The number of aromatic carboxylic acids is 1. The number of methoxy groups -OCH3 is 1. The molecule has 100 valence electrons. The maximum Gasteiger partial charge on any atom is 0.339 e. The van der Waals surface area contributed by atoms with Crippen LogP contribution in [-0.2, 0) is 16.0 Å². The highest BCUT2D eigenvalue weighted by atomic mass is 32.1. The van der Waals surface area contributed by atoms with E-state index in [2.05, 4.69) is 5.32 Å². The lowest BCUT2D eigenvalue weighted by Gasteiger charge is -2.09. The van der Waals surface area contributed by atoms with Gasteiger partial charge in [0.05, 0.1) is 5.56 Å². The van der Waals surface area contributed by atoms with E-state index < -0.39 is 12.1 Å². The number of hydrogen-bond acceptors (Lipinski definition) is 4. The lowest BCUT2D eigenvalue weighted by molar-refractivity contribution is -0.124. The Hall–Kier alpha value is -1.40. The summed E-state index contributed by atoms with van der Waals surface area (Å²) in [6.07, 6.45) is 0.0128. The number of amides is 1. The number of carbonyl (C=O) groups excluding carboxylic acids is 1. The van der Waals surface area contributed by atoms with Gasteiger partial charge in [-0.2, -0.15) is 0 Å². The van der Waals surface area contributed by atoms with Gasteiger partial charge in [0, 0.05) is 12.0 Å². The fraction of sp³-hybridized carbons (Fsp3) is 0.500. The molecule has 1 amide bonds. The molecule has 6 heteroatoms. The van der Waals surface area contributed by atoms with Crippen LogP contribution in [0.25, 0.3) is 0 Å². The molecule has 0 bridgehead atoms. The van der Waals surface area contributed by atoms with Gasteiger partial charge in [-0.1, -0.05) is 6.92 Å². The first-order valence-electron chi connectivity index (χ1n) is 5.61. The van der Waals surface area contributed by atoms with Gasteiger partial charge < -0.3 is 15.2 Å². The standard InChI is InChI=1S/C12H17NO4S/c1-5-8-7(3)18-11(9(8)12(15)16)13-10(14)6(2)17-4/h6H,5H2,1-4H3,(H,13,14)(H,15,16). The molecule has 1 unspecified atom stereocenters. The van der Waals surface area contributed by atoms with Gasteiger partial charge >= 0.3 is 5.97 Å². The van der Waals surface area contributed by atoms with Crippen LogP contribution in [0.5, 0.6) is 0 Å². The third kappa shape index (κ3) is 2.88. The Bertz CT molecular complexity index is 467. The Balaban J connectivity index is 3.10. The molecule has 0 radical (unpaired) electrons. The number of hydrogen-bond donors (Lipinski definition) is 2. The highest BCUT2D eigenvalue weighted by Gasteiger charge is 2.23. The van der Waals surface area contributed by atoms with Crippen LogP contribution in [0.15, 0.2) is 0 Å². The van der Waals surface area contributed by atoms with Gasteiger partial charge in [0.15, 0.2) is 0 Å². The van der Waals surface area contributed by atoms with Crippen molar-refractivity contribution < 1.29 is 19.4 Å². The molecule has 18 heavy (non-hydrogen) atoms. The van der Waals surface area contributed by atoms with E-state index in [9.17, 15) is 14.7 Å². The molecule has 1 aromatic rings. The second-order valence-electron chi connectivity index (χ2n) is 3.87. The van der Waals surface area contributed by atoms with E-state index in [1.165, 1.54) is 18.4 Å². The molecule has 0 aromatic carbocycles. The van der Waals surface area contributed by atoms with Gasteiger partial charge in [-0.15, -0.1) is 11.3 Å². The van der Waals surface area contributed by atoms with Crippen LogP contribution in [0.2, 0.25) is 0 Å². The second kappa shape index (κ2) is 5.97. The quantitative estimate of drug-likeness (QED) is 0.861. The Labute approximate surface area is 110 Å². The van der Waals surface area contributed by atoms with Crippen molar-refractivity contribution in [3.8, 4) is 0 Å². The van der Waals surface area contributed by atoms with Crippen LogP contribution in [-0.4, -0.2) is 30.2 Å². The molecule has 0 spiro atoms. The highest BCUT2D eigenvalue weighted by Crippen LogP contribution is 2.33. The molecule has 0 saturated heterocycles. The normalized spacial score (nSPS) is 12.2. The maximum atomic E-state index is 11.7. The number of anilines is 1. The number of ether oxygens (including phenoxy) is 1. The van der Waals surface area contributed by atoms with Gasteiger partial charge in [-0.25, -0.2) is 4.79 Å². The summed E-state index contributed by atoms with van der Waals surface area (Å²) in [6.45, 7) is 5.35. The van der Waals surface area contributed by atoms with E-state index in [1.54, 1.807) is 6.92 Å². The summed E-state index contributed by atoms with van der Waals surface area (Å²) in [5.41, 5.74) is 0.963. The molecule has 0 aliphatic heterocycles. The predicted molar refractivity (Wildman–Crippen MR) is 70.5 cm³/mol. The summed E-state index contributed by atoms with van der Waals surface area (Å²) in [7, 11) is 1.43. The van der Waals surface area contributed by atoms with Crippen LogP contribution < -0.4 is 5.32 Å². The Morgan fingerprint density at radius 3 is 2.56 bits per heavy atom. The molecule has 0 fully saturated rings. The lowest BCUT2D eigenvalue weighted by atomic mass is 10.1. The van der Waals surface area contributed by atoms with Crippen molar-refractivity contribution in [2.24, 2.45) is 0 Å². The van der Waals surface area contributed by atoms with Crippen LogP contribution in [0, 0.1) is 6.92 Å². The molecule has 1 heterocycles. The summed E-state index contributed by atoms with van der Waals surface area (Å²) < 4.78 is 4.89. The van der Waals surface area contributed by atoms with Crippen LogP contribution in [0.4, 0.5) is 5.00 Å². The summed E-state index contributed by atoms with van der Waals surface area (Å²) in [5.74, 6) is -1.36. The van der Waals surface area contributed by atoms with Crippen LogP contribution in [0.1, 0.15) is 34.6 Å². The van der Waals surface area contributed by atoms with Crippen molar-refractivity contribution in [1.29, 1.82) is 0 Å². The fourth-order valence-corrected chi connectivity index (χ4v) is 2.78. The molecule has 0 aliphatic carbocycles. The molecular weight excluding hydrogens is 254 g/mol. The maximum absolute atomic E-state index is 11.7. The van der Waals surface area contributed by atoms with Crippen molar-refractivity contribution >= 4 is 28.2 Å². The van der Waals surface area contributed by atoms with E-state index in [4.69, 9.17) is 4.74 Å². The minimum atomic E-state index is -1.02. The van der Waals surface area contributed by atoms with Crippen molar-refractivity contribution in [1.82, 2.24) is 0 Å². The lowest BCUT2D eigenvalue weighted by Crippen LogP contribution is -2.26. The average Bonchev–Trinajstić information content (AvgIpc) is 2.63. The molecule has 0 saturated carbocycles. The van der Waals surface area contributed by atoms with Gasteiger partial charge in [0.2, 0.25) is 0 Å². The number of carbonyl (C=O) groups is 2. The molecule has 1 aromatic heterocycles. The minimum Gasteiger partial charge on any atom is -0.478 e. The van der Waals surface area contributed by atoms with E-state index in [0.717, 1.165) is 10.4 Å². The zero-order valence-corrected chi connectivity index (χ0v) is 11.7. The Morgan fingerprint density at radius 1 is 1.50 bits per heavy atom. The second-order valence-corrected chi connectivity index (χ2v) is 5.09. The number of carboxylic acid groups (broad SMARTS) is 1. The first kappa shape index (κ1) is 14.7. The topological polar surface area (TPSA) is 75.6 Å². The van der Waals surface area contributed by atoms with E-state index in [1.807, 2.05) is 13.8 Å². The summed E-state index contributed by atoms with van der Waals surface area (Å²) >= 11 is 1.28. The SMILES string of the molecule is CCc1c(C)sc(NC(=O)C(C)OC)c1C(=O)O. The fourth-order valence-electron chi connectivity index (χ4n) is 1.64. The molecule has 2 N–H and O–H groups in total. The number of nitrogens with one attached hydrogen (secondary N) is 1. The Kier molecular flexibility index (Phi) is 4.86. The van der Waals surface area contributed by atoms with Gasteiger partial charge in [-0.05, 0) is 25.8 Å². The van der Waals surface area contributed by atoms with Crippen molar-refractivity contribution in [3.05, 3.63) is 16.0 Å². The molecule has 1 rings (SSSR count). The molecular formula is C12H17NO4S. The predicted octanol–water partition coefficient (Wildman–Crippen LogP) is 2.29. The smallest absolute Gasteiger partial charge is 0.339 e. The van der Waals surface area contributed by atoms with Crippen LogP contribution in [0.3, 0.4) is 0 Å². The monoisotopic (exact) mass is 271 g/mol. The van der Waals surface area contributed by atoms with Crippen molar-refractivity contribution in [3.63, 3.8) is 0 Å². The van der Waals surface area contributed by atoms with E-state index in [-0.39, 0.29) is 11.5 Å².